The summed E-state index contributed by atoms with van der Waals surface area (Å²) in [4.78, 5) is 26.7. The highest BCUT2D eigenvalue weighted by Gasteiger charge is 2.44. The van der Waals surface area contributed by atoms with E-state index in [9.17, 15) is 9.59 Å². The fourth-order valence-electron chi connectivity index (χ4n) is 3.94. The summed E-state index contributed by atoms with van der Waals surface area (Å²) in [5.74, 6) is -1.14. The van der Waals surface area contributed by atoms with E-state index < -0.39 is 38.0 Å². The molecule has 0 aliphatic heterocycles. The van der Waals surface area contributed by atoms with Crippen LogP contribution in [0.25, 0.3) is 10.9 Å². The van der Waals surface area contributed by atoms with Crippen LogP contribution in [0.4, 0.5) is 4.79 Å². The first kappa shape index (κ1) is 29.1. The molecular formula is C29H38BrNO5Si. The van der Waals surface area contributed by atoms with Crippen LogP contribution in [0.2, 0.25) is 18.1 Å². The van der Waals surface area contributed by atoms with Gasteiger partial charge < -0.3 is 13.9 Å². The second-order valence-electron chi connectivity index (χ2n) is 11.8. The molecule has 0 bridgehead atoms. The second-order valence-corrected chi connectivity index (χ2v) is 17.5. The lowest BCUT2D eigenvalue weighted by atomic mass is 9.89. The van der Waals surface area contributed by atoms with Gasteiger partial charge in [0.2, 0.25) is 0 Å². The van der Waals surface area contributed by atoms with Crippen molar-refractivity contribution in [1.29, 1.82) is 0 Å². The molecule has 0 unspecified atom stereocenters. The van der Waals surface area contributed by atoms with Gasteiger partial charge in [0.05, 0.1) is 18.7 Å². The van der Waals surface area contributed by atoms with Gasteiger partial charge in [-0.25, -0.2) is 4.79 Å². The molecule has 2 aromatic carbocycles. The standard InChI is InChI=1S/C29H38BrNO5Si/c1-28(2,3)35-27(33)31-18-22(21-17-20(30)15-16-23(21)31)25(36-37(8,9)29(4,5)6)24(26(32)34-7)19-13-11-10-12-14-19/h10-18,24-25H,1-9H3/t24-,25+/m0/s1. The summed E-state index contributed by atoms with van der Waals surface area (Å²) in [6, 6.07) is 15.2. The molecule has 3 rings (SSSR count). The van der Waals surface area contributed by atoms with Gasteiger partial charge in [0.1, 0.15) is 11.5 Å². The Morgan fingerprint density at radius 1 is 0.973 bits per heavy atom. The molecular weight excluding hydrogens is 550 g/mol. The summed E-state index contributed by atoms with van der Waals surface area (Å²) < 4.78 is 20.4. The van der Waals surface area contributed by atoms with E-state index in [0.29, 0.717) is 5.52 Å². The molecule has 0 amide bonds. The third kappa shape index (κ3) is 6.53. The highest BCUT2D eigenvalue weighted by atomic mass is 79.9. The number of halogens is 1. The summed E-state index contributed by atoms with van der Waals surface area (Å²) in [5, 5.41) is 0.681. The zero-order chi connectivity index (χ0) is 27.8. The Labute approximate surface area is 229 Å². The van der Waals surface area contributed by atoms with Crippen LogP contribution in [0.1, 0.15) is 64.7 Å². The van der Waals surface area contributed by atoms with Crippen LogP contribution in [0.15, 0.2) is 59.2 Å². The van der Waals surface area contributed by atoms with Crippen LogP contribution in [0.5, 0.6) is 0 Å². The van der Waals surface area contributed by atoms with Crippen molar-refractivity contribution in [3.8, 4) is 0 Å². The summed E-state index contributed by atoms with van der Waals surface area (Å²) in [7, 11) is -1.02. The molecule has 0 spiro atoms. The number of methoxy groups -OCH3 is 1. The molecule has 1 aromatic heterocycles. The molecule has 0 fully saturated rings. The summed E-state index contributed by atoms with van der Waals surface area (Å²) in [6.07, 6.45) is 0.560. The number of carbonyl (C=O) groups is 2. The van der Waals surface area contributed by atoms with Crippen molar-refractivity contribution in [2.24, 2.45) is 0 Å². The van der Waals surface area contributed by atoms with Gasteiger partial charge in [-0.05, 0) is 62.7 Å². The van der Waals surface area contributed by atoms with Crippen LogP contribution in [0, 0.1) is 0 Å². The highest BCUT2D eigenvalue weighted by Crippen LogP contribution is 2.46. The fraction of sp³-hybridized carbons (Fsp3) is 0.448. The lowest BCUT2D eigenvalue weighted by molar-refractivity contribution is -0.145. The van der Waals surface area contributed by atoms with Gasteiger partial charge in [-0.3, -0.25) is 9.36 Å². The van der Waals surface area contributed by atoms with Gasteiger partial charge in [-0.2, -0.15) is 0 Å². The molecule has 6 nitrogen and oxygen atoms in total. The van der Waals surface area contributed by atoms with Crippen LogP contribution in [0.3, 0.4) is 0 Å². The summed E-state index contributed by atoms with van der Waals surface area (Å²) in [5.41, 5.74) is 1.52. The first-order chi connectivity index (χ1) is 17.1. The van der Waals surface area contributed by atoms with E-state index in [4.69, 9.17) is 13.9 Å². The first-order valence-electron chi connectivity index (χ1n) is 12.4. The number of ether oxygens (including phenoxy) is 2. The largest absolute Gasteiger partial charge is 0.468 e. The Morgan fingerprint density at radius 2 is 1.59 bits per heavy atom. The normalized spacial score (nSPS) is 14.3. The average Bonchev–Trinajstić information content (AvgIpc) is 3.16. The Balaban J connectivity index is 2.33. The van der Waals surface area contributed by atoms with E-state index in [1.54, 1.807) is 6.20 Å². The van der Waals surface area contributed by atoms with Crippen molar-refractivity contribution in [2.75, 3.05) is 7.11 Å². The van der Waals surface area contributed by atoms with E-state index in [2.05, 4.69) is 49.8 Å². The van der Waals surface area contributed by atoms with Crippen LogP contribution >= 0.6 is 15.9 Å². The SMILES string of the molecule is COC(=O)[C@@H](c1ccccc1)[C@H](O[Si](C)(C)C(C)(C)C)c1cn(C(=O)OC(C)(C)C)c2ccc(Br)cc12. The zero-order valence-corrected chi connectivity index (χ0v) is 25.8. The van der Waals surface area contributed by atoms with Crippen molar-refractivity contribution in [1.82, 2.24) is 4.57 Å². The Hall–Kier alpha value is -2.42. The predicted molar refractivity (Wildman–Crippen MR) is 153 cm³/mol. The summed E-state index contributed by atoms with van der Waals surface area (Å²) in [6.45, 7) is 16.3. The van der Waals surface area contributed by atoms with Crippen molar-refractivity contribution in [2.45, 2.75) is 77.3 Å². The molecule has 0 radical (unpaired) electrons. The van der Waals surface area contributed by atoms with E-state index in [-0.39, 0.29) is 5.04 Å². The quantitative estimate of drug-likeness (QED) is 0.215. The third-order valence-corrected chi connectivity index (χ3v) is 11.8. The minimum absolute atomic E-state index is 0.118. The number of benzene rings is 2. The molecule has 200 valence electrons. The molecule has 37 heavy (non-hydrogen) atoms. The molecule has 8 heteroatoms. The monoisotopic (exact) mass is 587 g/mol. The van der Waals surface area contributed by atoms with Crippen molar-refractivity contribution in [3.05, 3.63) is 70.3 Å². The zero-order valence-electron chi connectivity index (χ0n) is 23.2. The van der Waals surface area contributed by atoms with E-state index in [1.165, 1.54) is 11.7 Å². The Bertz CT molecular complexity index is 1270. The van der Waals surface area contributed by atoms with E-state index in [0.717, 1.165) is 21.0 Å². The molecule has 3 aromatic rings. The number of nitrogens with zero attached hydrogens (tertiary/aromatic N) is 1. The van der Waals surface area contributed by atoms with E-state index >= 15 is 0 Å². The maximum atomic E-state index is 13.4. The predicted octanol–water partition coefficient (Wildman–Crippen LogP) is 8.21. The minimum Gasteiger partial charge on any atom is -0.468 e. The molecule has 0 aliphatic carbocycles. The second kappa shape index (κ2) is 10.7. The van der Waals surface area contributed by atoms with Gasteiger partial charge in [-0.15, -0.1) is 0 Å². The lowest BCUT2D eigenvalue weighted by Gasteiger charge is -2.41. The van der Waals surface area contributed by atoms with Crippen LogP contribution < -0.4 is 0 Å². The van der Waals surface area contributed by atoms with Crippen molar-refractivity contribution in [3.63, 3.8) is 0 Å². The molecule has 0 aliphatic rings. The Morgan fingerprint density at radius 3 is 2.14 bits per heavy atom. The fourth-order valence-corrected chi connectivity index (χ4v) is 5.56. The number of hydrogen-bond donors (Lipinski definition) is 0. The van der Waals surface area contributed by atoms with Crippen LogP contribution in [-0.2, 0) is 18.7 Å². The maximum Gasteiger partial charge on any atom is 0.419 e. The molecule has 0 saturated carbocycles. The van der Waals surface area contributed by atoms with Crippen molar-refractivity contribution >= 4 is 47.2 Å². The first-order valence-corrected chi connectivity index (χ1v) is 16.1. The smallest absolute Gasteiger partial charge is 0.419 e. The number of rotatable bonds is 6. The van der Waals surface area contributed by atoms with Crippen molar-refractivity contribution < 1.29 is 23.5 Å². The summed E-state index contributed by atoms with van der Waals surface area (Å²) >= 11 is 3.58. The molecule has 0 N–H and O–H groups in total. The highest BCUT2D eigenvalue weighted by molar-refractivity contribution is 9.10. The van der Waals surface area contributed by atoms with E-state index in [1.807, 2.05) is 69.3 Å². The van der Waals surface area contributed by atoms with Gasteiger partial charge in [0.15, 0.2) is 8.32 Å². The topological polar surface area (TPSA) is 66.8 Å². The number of esters is 1. The van der Waals surface area contributed by atoms with Gasteiger partial charge in [-0.1, -0.05) is 67.0 Å². The lowest BCUT2D eigenvalue weighted by Crippen LogP contribution is -2.43. The number of hydrogen-bond acceptors (Lipinski definition) is 5. The molecule has 2 atom stereocenters. The van der Waals surface area contributed by atoms with Gasteiger partial charge >= 0.3 is 12.1 Å². The van der Waals surface area contributed by atoms with Gasteiger partial charge in [0.25, 0.3) is 0 Å². The van der Waals surface area contributed by atoms with Gasteiger partial charge in [0, 0.05) is 21.6 Å². The maximum absolute atomic E-state index is 13.4. The molecule has 1 heterocycles. The number of carbonyl (C=O) groups excluding carboxylic acids is 2. The average molecular weight is 589 g/mol. The number of aromatic nitrogens is 1. The Kier molecular flexibility index (Phi) is 8.46. The number of fused-ring (bicyclic) bond motifs is 1. The third-order valence-electron chi connectivity index (χ3n) is 6.84. The minimum atomic E-state index is -2.41. The van der Waals surface area contributed by atoms with Crippen LogP contribution in [-0.4, -0.2) is 37.7 Å². The molecule has 0 saturated heterocycles.